The molecule has 2 aromatic rings. The quantitative estimate of drug-likeness (QED) is 0.902. The van der Waals surface area contributed by atoms with E-state index in [2.05, 4.69) is 60.4 Å². The van der Waals surface area contributed by atoms with E-state index in [1.807, 2.05) is 0 Å². The number of nitrogens with zero attached hydrogens (tertiary/aromatic N) is 3. The smallest absolute Gasteiger partial charge is 0.150 e. The predicted molar refractivity (Wildman–Crippen MR) is 85.3 cm³/mol. The van der Waals surface area contributed by atoms with E-state index in [4.69, 9.17) is 5.73 Å². The van der Waals surface area contributed by atoms with Crippen molar-refractivity contribution in [3.63, 3.8) is 0 Å². The summed E-state index contributed by atoms with van der Waals surface area (Å²) >= 11 is 3.39. The molecule has 0 bridgehead atoms. The minimum Gasteiger partial charge on any atom is -0.383 e. The van der Waals surface area contributed by atoms with Crippen LogP contribution in [0.4, 0.5) is 23.0 Å². The van der Waals surface area contributed by atoms with Crippen molar-refractivity contribution in [1.82, 2.24) is 9.97 Å². The van der Waals surface area contributed by atoms with Crippen molar-refractivity contribution >= 4 is 38.9 Å². The van der Waals surface area contributed by atoms with Gasteiger partial charge in [0.05, 0.1) is 0 Å². The number of aromatic nitrogens is 2. The third kappa shape index (κ3) is 2.70. The lowest BCUT2D eigenvalue weighted by molar-refractivity contribution is 0.949. The second-order valence-electron chi connectivity index (χ2n) is 4.79. The lowest BCUT2D eigenvalue weighted by atomic mass is 10.2. The number of hydrogen-bond donors (Lipinski definition) is 2. The van der Waals surface area contributed by atoms with E-state index in [-0.39, 0.29) is 0 Å². The van der Waals surface area contributed by atoms with Crippen LogP contribution in [0, 0.1) is 0 Å². The number of benzene rings is 1. The van der Waals surface area contributed by atoms with Gasteiger partial charge in [-0.15, -0.1) is 0 Å². The van der Waals surface area contributed by atoms with Gasteiger partial charge in [0.1, 0.15) is 22.4 Å². The molecule has 1 aliphatic rings. The minimum absolute atomic E-state index is 0.427. The molecule has 3 N–H and O–H groups in total. The fourth-order valence-corrected chi connectivity index (χ4v) is 2.64. The molecule has 0 saturated carbocycles. The fraction of sp³-hybridized carbons (Fsp3) is 0.286. The van der Waals surface area contributed by atoms with Gasteiger partial charge in [-0.25, -0.2) is 9.97 Å². The molecule has 0 spiro atoms. The van der Waals surface area contributed by atoms with Gasteiger partial charge in [-0.2, -0.15) is 0 Å². The molecule has 1 fully saturated rings. The van der Waals surface area contributed by atoms with E-state index < -0.39 is 0 Å². The van der Waals surface area contributed by atoms with Crippen LogP contribution in [-0.4, -0.2) is 23.1 Å². The Balaban J connectivity index is 1.76. The van der Waals surface area contributed by atoms with Crippen molar-refractivity contribution in [2.75, 3.05) is 29.0 Å². The molecule has 0 atom stereocenters. The van der Waals surface area contributed by atoms with Crippen molar-refractivity contribution in [2.24, 2.45) is 0 Å². The molecule has 0 aliphatic carbocycles. The molecule has 1 aromatic carbocycles. The average Bonchev–Trinajstić information content (AvgIpc) is 2.99. The normalized spacial score (nSPS) is 14.6. The maximum absolute atomic E-state index is 5.74. The first kappa shape index (κ1) is 13.2. The van der Waals surface area contributed by atoms with Crippen molar-refractivity contribution in [3.8, 4) is 0 Å². The fourth-order valence-electron chi connectivity index (χ4n) is 2.34. The van der Waals surface area contributed by atoms with Crippen molar-refractivity contribution in [3.05, 3.63) is 35.1 Å². The molecular weight excluding hydrogens is 318 g/mol. The highest BCUT2D eigenvalue weighted by Crippen LogP contribution is 2.28. The van der Waals surface area contributed by atoms with Crippen molar-refractivity contribution in [2.45, 2.75) is 12.8 Å². The first-order valence-corrected chi connectivity index (χ1v) is 7.41. The lowest BCUT2D eigenvalue weighted by Gasteiger charge is -2.18. The molecule has 5 nitrogen and oxygen atoms in total. The lowest BCUT2D eigenvalue weighted by Crippen LogP contribution is -2.17. The standard InChI is InChI=1S/C14H16BrN5/c15-12-13(16)17-9-18-14(12)19-10-3-5-11(6-4-10)20-7-1-2-8-20/h3-6,9H,1-2,7-8H2,(H3,16,17,18,19). The van der Waals surface area contributed by atoms with E-state index >= 15 is 0 Å². The van der Waals surface area contributed by atoms with Crippen molar-refractivity contribution in [1.29, 1.82) is 0 Å². The Morgan fingerprint density at radius 1 is 1.10 bits per heavy atom. The number of nitrogens with two attached hydrogens (primary N) is 1. The summed E-state index contributed by atoms with van der Waals surface area (Å²) in [5.74, 6) is 1.10. The van der Waals surface area contributed by atoms with E-state index in [1.54, 1.807) is 0 Å². The number of halogens is 1. The summed E-state index contributed by atoms with van der Waals surface area (Å²) in [5.41, 5.74) is 7.99. The summed E-state index contributed by atoms with van der Waals surface area (Å²) in [4.78, 5) is 10.5. The molecule has 1 aliphatic heterocycles. The Kier molecular flexibility index (Phi) is 3.73. The van der Waals surface area contributed by atoms with Gasteiger partial charge in [0.2, 0.25) is 0 Å². The van der Waals surface area contributed by atoms with Gasteiger partial charge in [0, 0.05) is 24.5 Å². The number of nitrogens with one attached hydrogen (secondary N) is 1. The maximum Gasteiger partial charge on any atom is 0.150 e. The zero-order chi connectivity index (χ0) is 13.9. The van der Waals surface area contributed by atoms with Crippen LogP contribution < -0.4 is 16.0 Å². The van der Waals surface area contributed by atoms with Crippen LogP contribution in [0.1, 0.15) is 12.8 Å². The second kappa shape index (κ2) is 5.66. The maximum atomic E-state index is 5.74. The largest absolute Gasteiger partial charge is 0.383 e. The molecule has 104 valence electrons. The number of nitrogen functional groups attached to an aromatic ring is 1. The van der Waals surface area contributed by atoms with Crippen LogP contribution >= 0.6 is 15.9 Å². The molecule has 0 amide bonds. The van der Waals surface area contributed by atoms with Crippen LogP contribution in [0.25, 0.3) is 0 Å². The van der Waals surface area contributed by atoms with Crippen LogP contribution in [-0.2, 0) is 0 Å². The number of hydrogen-bond acceptors (Lipinski definition) is 5. The topological polar surface area (TPSA) is 67.1 Å². The zero-order valence-corrected chi connectivity index (χ0v) is 12.6. The molecule has 2 heterocycles. The molecule has 0 radical (unpaired) electrons. The molecule has 6 heteroatoms. The molecule has 1 aromatic heterocycles. The van der Waals surface area contributed by atoms with Gasteiger partial charge in [-0.05, 0) is 53.0 Å². The number of rotatable bonds is 3. The van der Waals surface area contributed by atoms with E-state index in [9.17, 15) is 0 Å². The molecule has 3 rings (SSSR count). The molecule has 1 saturated heterocycles. The van der Waals surface area contributed by atoms with Crippen LogP contribution in [0.5, 0.6) is 0 Å². The monoisotopic (exact) mass is 333 g/mol. The Labute approximate surface area is 126 Å². The van der Waals surface area contributed by atoms with Crippen molar-refractivity contribution < 1.29 is 0 Å². The van der Waals surface area contributed by atoms with Gasteiger partial charge in [-0.3, -0.25) is 0 Å². The van der Waals surface area contributed by atoms with Crippen LogP contribution in [0.15, 0.2) is 35.1 Å². The summed E-state index contributed by atoms with van der Waals surface area (Å²) in [6.07, 6.45) is 4.02. The predicted octanol–water partition coefficient (Wildman–Crippen LogP) is 3.17. The minimum atomic E-state index is 0.427. The van der Waals surface area contributed by atoms with Crippen LogP contribution in [0.3, 0.4) is 0 Å². The van der Waals surface area contributed by atoms with E-state index in [1.165, 1.54) is 24.9 Å². The molecular formula is C14H16BrN5. The Bertz CT molecular complexity index is 593. The third-order valence-corrected chi connectivity index (χ3v) is 4.20. The van der Waals surface area contributed by atoms with Gasteiger partial charge < -0.3 is 16.0 Å². The summed E-state index contributed by atoms with van der Waals surface area (Å²) in [7, 11) is 0. The van der Waals surface area contributed by atoms with Gasteiger partial charge in [0.25, 0.3) is 0 Å². The van der Waals surface area contributed by atoms with E-state index in [0.717, 1.165) is 18.8 Å². The Morgan fingerprint density at radius 3 is 2.50 bits per heavy atom. The molecule has 0 unspecified atom stereocenters. The summed E-state index contributed by atoms with van der Waals surface area (Å²) < 4.78 is 0.684. The van der Waals surface area contributed by atoms with E-state index in [0.29, 0.717) is 16.1 Å². The number of anilines is 4. The van der Waals surface area contributed by atoms with Gasteiger partial charge in [-0.1, -0.05) is 0 Å². The highest BCUT2D eigenvalue weighted by atomic mass is 79.9. The first-order valence-electron chi connectivity index (χ1n) is 6.62. The van der Waals surface area contributed by atoms with Crippen LogP contribution in [0.2, 0.25) is 0 Å². The first-order chi connectivity index (χ1) is 9.74. The third-order valence-electron chi connectivity index (χ3n) is 3.42. The average molecular weight is 334 g/mol. The zero-order valence-electron chi connectivity index (χ0n) is 11.0. The second-order valence-corrected chi connectivity index (χ2v) is 5.58. The highest BCUT2D eigenvalue weighted by Gasteiger charge is 2.12. The highest BCUT2D eigenvalue weighted by molar-refractivity contribution is 9.10. The Hall–Kier alpha value is -1.82. The SMILES string of the molecule is Nc1ncnc(Nc2ccc(N3CCCC3)cc2)c1Br. The molecule has 20 heavy (non-hydrogen) atoms. The summed E-state index contributed by atoms with van der Waals surface area (Å²) in [6.45, 7) is 2.31. The Morgan fingerprint density at radius 2 is 1.80 bits per heavy atom. The van der Waals surface area contributed by atoms with Gasteiger partial charge >= 0.3 is 0 Å². The van der Waals surface area contributed by atoms with Gasteiger partial charge in [0.15, 0.2) is 0 Å². The summed E-state index contributed by atoms with van der Waals surface area (Å²) in [6, 6.07) is 8.37. The summed E-state index contributed by atoms with van der Waals surface area (Å²) in [5, 5.41) is 3.23.